The number of hydrogen-bond donors (Lipinski definition) is 0. The molecule has 0 radical (unpaired) electrons. The summed E-state index contributed by atoms with van der Waals surface area (Å²) in [6, 6.07) is 18.3. The Bertz CT molecular complexity index is 564. The van der Waals surface area contributed by atoms with Crippen molar-refractivity contribution in [1.29, 1.82) is 0 Å². The molecule has 1 nitrogen and oxygen atoms in total. The number of rotatable bonds is 4. The quantitative estimate of drug-likeness (QED) is 0.745. The first-order chi connectivity index (χ1) is 9.29. The van der Waals surface area contributed by atoms with Gasteiger partial charge in [-0.15, -0.1) is 5.92 Å². The molecule has 0 bridgehead atoms. The second-order valence-electron chi connectivity index (χ2n) is 4.24. The minimum Gasteiger partial charge on any atom is -0.356 e. The van der Waals surface area contributed by atoms with Gasteiger partial charge in [0.05, 0.1) is 6.54 Å². The normalized spacial score (nSPS) is 9.58. The van der Waals surface area contributed by atoms with Crippen LogP contribution in [0.4, 0.5) is 5.69 Å². The number of anilines is 1. The molecule has 19 heavy (non-hydrogen) atoms. The summed E-state index contributed by atoms with van der Waals surface area (Å²) < 4.78 is 0. The zero-order valence-electron chi connectivity index (χ0n) is 10.9. The van der Waals surface area contributed by atoms with E-state index in [2.05, 4.69) is 41.0 Å². The van der Waals surface area contributed by atoms with Crippen molar-refractivity contribution in [3.8, 4) is 11.8 Å². The van der Waals surface area contributed by atoms with E-state index in [1.807, 2.05) is 37.3 Å². The zero-order valence-corrected chi connectivity index (χ0v) is 11.7. The molecular weight excluding hydrogens is 254 g/mol. The Kier molecular flexibility index (Phi) is 4.89. The summed E-state index contributed by atoms with van der Waals surface area (Å²) in [4.78, 5) is 2.24. The van der Waals surface area contributed by atoms with Gasteiger partial charge in [-0.25, -0.2) is 0 Å². The SMILES string of the molecule is CC#CCN(Cc1ccccc1)c1ccc(Cl)cc1. The standard InChI is InChI=1S/C17H16ClN/c1-2-3-13-19(14-15-7-5-4-6-8-15)17-11-9-16(18)10-12-17/h4-12H,13-14H2,1H3. The summed E-state index contributed by atoms with van der Waals surface area (Å²) >= 11 is 5.93. The highest BCUT2D eigenvalue weighted by Crippen LogP contribution is 2.19. The van der Waals surface area contributed by atoms with E-state index < -0.39 is 0 Å². The topological polar surface area (TPSA) is 3.24 Å². The van der Waals surface area contributed by atoms with Gasteiger partial charge in [-0.3, -0.25) is 0 Å². The molecule has 0 aliphatic rings. The highest BCUT2D eigenvalue weighted by molar-refractivity contribution is 6.30. The second-order valence-corrected chi connectivity index (χ2v) is 4.68. The molecule has 2 aromatic carbocycles. The molecule has 2 heteroatoms. The summed E-state index contributed by atoms with van der Waals surface area (Å²) in [7, 11) is 0. The lowest BCUT2D eigenvalue weighted by atomic mass is 10.2. The van der Waals surface area contributed by atoms with Crippen molar-refractivity contribution in [2.75, 3.05) is 11.4 Å². The van der Waals surface area contributed by atoms with Crippen molar-refractivity contribution >= 4 is 17.3 Å². The Labute approximate surface area is 119 Å². The molecule has 2 aromatic rings. The minimum absolute atomic E-state index is 0.715. The molecule has 0 saturated heterocycles. The Hall–Kier alpha value is -1.91. The summed E-state index contributed by atoms with van der Waals surface area (Å²) in [5.41, 5.74) is 2.41. The van der Waals surface area contributed by atoms with Gasteiger partial charge < -0.3 is 4.90 Å². The van der Waals surface area contributed by atoms with Gasteiger partial charge in [-0.1, -0.05) is 47.9 Å². The van der Waals surface area contributed by atoms with E-state index in [1.165, 1.54) is 5.56 Å². The molecule has 0 atom stereocenters. The minimum atomic E-state index is 0.715. The molecule has 0 heterocycles. The van der Waals surface area contributed by atoms with Crippen LogP contribution in [0.3, 0.4) is 0 Å². The van der Waals surface area contributed by atoms with Crippen LogP contribution >= 0.6 is 11.6 Å². The van der Waals surface area contributed by atoms with E-state index in [-0.39, 0.29) is 0 Å². The van der Waals surface area contributed by atoms with Gasteiger partial charge in [-0.2, -0.15) is 0 Å². The van der Waals surface area contributed by atoms with E-state index in [1.54, 1.807) is 0 Å². The average molecular weight is 270 g/mol. The van der Waals surface area contributed by atoms with Gasteiger partial charge in [-0.05, 0) is 36.8 Å². The average Bonchev–Trinajstić information content (AvgIpc) is 2.45. The fraction of sp³-hybridized carbons (Fsp3) is 0.176. The molecule has 2 rings (SSSR count). The largest absolute Gasteiger partial charge is 0.356 e. The summed E-state index contributed by atoms with van der Waals surface area (Å²) in [5, 5.41) is 0.755. The fourth-order valence-electron chi connectivity index (χ4n) is 1.87. The molecule has 0 aromatic heterocycles. The Balaban J connectivity index is 2.19. The first-order valence-electron chi connectivity index (χ1n) is 6.23. The third-order valence-electron chi connectivity index (χ3n) is 2.85. The monoisotopic (exact) mass is 269 g/mol. The van der Waals surface area contributed by atoms with Crippen molar-refractivity contribution in [2.24, 2.45) is 0 Å². The number of halogens is 1. The molecule has 0 fully saturated rings. The van der Waals surface area contributed by atoms with Crippen LogP contribution in [0.25, 0.3) is 0 Å². The first kappa shape index (κ1) is 13.5. The molecule has 0 aliphatic carbocycles. The van der Waals surface area contributed by atoms with E-state index in [0.29, 0.717) is 6.54 Å². The highest BCUT2D eigenvalue weighted by Gasteiger charge is 2.05. The maximum Gasteiger partial charge on any atom is 0.0798 e. The van der Waals surface area contributed by atoms with Gasteiger partial charge >= 0.3 is 0 Å². The van der Waals surface area contributed by atoms with E-state index >= 15 is 0 Å². The molecule has 0 amide bonds. The van der Waals surface area contributed by atoms with Crippen molar-refractivity contribution in [2.45, 2.75) is 13.5 Å². The van der Waals surface area contributed by atoms with Crippen LogP contribution in [0.2, 0.25) is 5.02 Å². The van der Waals surface area contributed by atoms with E-state index in [4.69, 9.17) is 11.6 Å². The van der Waals surface area contributed by atoms with Crippen molar-refractivity contribution in [1.82, 2.24) is 0 Å². The number of benzene rings is 2. The van der Waals surface area contributed by atoms with Gasteiger partial charge in [0.25, 0.3) is 0 Å². The molecule has 0 saturated carbocycles. The summed E-state index contributed by atoms with van der Waals surface area (Å²) in [5.74, 6) is 6.07. The number of hydrogen-bond acceptors (Lipinski definition) is 1. The molecule has 0 unspecified atom stereocenters. The van der Waals surface area contributed by atoms with Gasteiger partial charge in [0, 0.05) is 17.3 Å². The van der Waals surface area contributed by atoms with Crippen molar-refractivity contribution in [3.05, 3.63) is 65.2 Å². The van der Waals surface area contributed by atoms with Crippen LogP contribution in [-0.4, -0.2) is 6.54 Å². The van der Waals surface area contributed by atoms with Crippen LogP contribution < -0.4 is 4.90 Å². The van der Waals surface area contributed by atoms with Crippen LogP contribution in [0, 0.1) is 11.8 Å². The van der Waals surface area contributed by atoms with Crippen LogP contribution in [-0.2, 0) is 6.54 Å². The molecule has 96 valence electrons. The third-order valence-corrected chi connectivity index (χ3v) is 3.11. The molecule has 0 aliphatic heterocycles. The Morgan fingerprint density at radius 1 is 1.00 bits per heavy atom. The Morgan fingerprint density at radius 2 is 1.68 bits per heavy atom. The molecule has 0 N–H and O–H groups in total. The van der Waals surface area contributed by atoms with Gasteiger partial charge in [0.2, 0.25) is 0 Å². The van der Waals surface area contributed by atoms with E-state index in [0.717, 1.165) is 17.3 Å². The van der Waals surface area contributed by atoms with Crippen LogP contribution in [0.15, 0.2) is 54.6 Å². The maximum absolute atomic E-state index is 5.93. The lowest BCUT2D eigenvalue weighted by Gasteiger charge is -2.22. The summed E-state index contributed by atoms with van der Waals surface area (Å²) in [6.45, 7) is 3.42. The Morgan fingerprint density at radius 3 is 2.32 bits per heavy atom. The fourth-order valence-corrected chi connectivity index (χ4v) is 1.99. The lowest BCUT2D eigenvalue weighted by Crippen LogP contribution is -2.22. The van der Waals surface area contributed by atoms with Gasteiger partial charge in [0.15, 0.2) is 0 Å². The number of nitrogens with zero attached hydrogens (tertiary/aromatic N) is 1. The van der Waals surface area contributed by atoms with E-state index in [9.17, 15) is 0 Å². The van der Waals surface area contributed by atoms with Crippen LogP contribution in [0.5, 0.6) is 0 Å². The van der Waals surface area contributed by atoms with Gasteiger partial charge in [0.1, 0.15) is 0 Å². The van der Waals surface area contributed by atoms with Crippen LogP contribution in [0.1, 0.15) is 12.5 Å². The predicted molar refractivity (Wildman–Crippen MR) is 82.4 cm³/mol. The van der Waals surface area contributed by atoms with Crippen molar-refractivity contribution < 1.29 is 0 Å². The second kappa shape index (κ2) is 6.87. The third kappa shape index (κ3) is 4.05. The maximum atomic E-state index is 5.93. The predicted octanol–water partition coefficient (Wildman–Crippen LogP) is 4.37. The molecule has 0 spiro atoms. The highest BCUT2D eigenvalue weighted by atomic mass is 35.5. The zero-order chi connectivity index (χ0) is 13.5. The lowest BCUT2D eigenvalue weighted by molar-refractivity contribution is 0.878. The summed E-state index contributed by atoms with van der Waals surface area (Å²) in [6.07, 6.45) is 0. The van der Waals surface area contributed by atoms with Crippen molar-refractivity contribution in [3.63, 3.8) is 0 Å². The smallest absolute Gasteiger partial charge is 0.0798 e. The first-order valence-corrected chi connectivity index (χ1v) is 6.61. The molecular formula is C17H16ClN.